The number of rotatable bonds is 6. The minimum Gasteiger partial charge on any atom is -0.338 e. The van der Waals surface area contributed by atoms with Crippen molar-refractivity contribution in [3.8, 4) is 6.07 Å². The van der Waals surface area contributed by atoms with E-state index in [9.17, 15) is 9.59 Å². The number of hydrogen-bond acceptors (Lipinski definition) is 4. The van der Waals surface area contributed by atoms with E-state index in [4.69, 9.17) is 5.26 Å². The van der Waals surface area contributed by atoms with Crippen molar-refractivity contribution < 1.29 is 9.59 Å². The van der Waals surface area contributed by atoms with Crippen LogP contribution in [0.3, 0.4) is 0 Å². The van der Waals surface area contributed by atoms with Gasteiger partial charge in [0.15, 0.2) is 0 Å². The van der Waals surface area contributed by atoms with Gasteiger partial charge in [0, 0.05) is 24.8 Å². The molecule has 2 fully saturated rings. The highest BCUT2D eigenvalue weighted by Crippen LogP contribution is 2.25. The number of benzene rings is 1. The molecule has 1 aliphatic carbocycles. The number of carbonyl (C=O) groups is 2. The Labute approximate surface area is 160 Å². The summed E-state index contributed by atoms with van der Waals surface area (Å²) >= 11 is 0. The summed E-state index contributed by atoms with van der Waals surface area (Å²) in [6.45, 7) is 1.61. The Morgan fingerprint density at radius 1 is 1.19 bits per heavy atom. The van der Waals surface area contributed by atoms with Gasteiger partial charge in [0.1, 0.15) is 6.04 Å². The number of carbonyl (C=O) groups excluding carboxylic acids is 2. The number of amides is 3. The zero-order chi connectivity index (χ0) is 19.1. The Morgan fingerprint density at radius 3 is 2.78 bits per heavy atom. The van der Waals surface area contributed by atoms with Crippen LogP contribution in [-0.4, -0.2) is 48.6 Å². The van der Waals surface area contributed by atoms with Crippen LogP contribution in [0, 0.1) is 17.2 Å². The largest absolute Gasteiger partial charge is 0.338 e. The lowest BCUT2D eigenvalue weighted by Gasteiger charge is -2.21. The van der Waals surface area contributed by atoms with E-state index in [2.05, 4.69) is 22.0 Å². The summed E-state index contributed by atoms with van der Waals surface area (Å²) in [6, 6.07) is 11.4. The minimum absolute atomic E-state index is 0.0165. The van der Waals surface area contributed by atoms with Crippen molar-refractivity contribution in [3.63, 3.8) is 0 Å². The first-order chi connectivity index (χ1) is 13.2. The standard InChI is InChI=1S/C20H27N5O2/c21-12-18-7-4-10-25(18)19(26)14-22-17-9-8-15(11-17)13-23-20(27)24-16-5-2-1-3-6-16/h1-3,5-6,15,17-18,22H,4,7-11,13-14H2,(H2,23,24,27)/t15?,17-,18+/m1/s1. The van der Waals surface area contributed by atoms with Gasteiger partial charge in [-0.2, -0.15) is 5.26 Å². The van der Waals surface area contributed by atoms with Crippen molar-refractivity contribution in [2.24, 2.45) is 5.92 Å². The van der Waals surface area contributed by atoms with Crippen molar-refractivity contribution in [2.45, 2.75) is 44.2 Å². The second-order valence-corrected chi connectivity index (χ2v) is 7.33. The summed E-state index contributed by atoms with van der Waals surface area (Å²) in [5.41, 5.74) is 0.775. The van der Waals surface area contributed by atoms with Gasteiger partial charge in [0.2, 0.25) is 5.91 Å². The number of nitriles is 1. The first kappa shape index (κ1) is 19.2. The third kappa shape index (κ3) is 5.44. The molecule has 1 unspecified atom stereocenters. The molecule has 1 heterocycles. The predicted octanol–water partition coefficient (Wildman–Crippen LogP) is 2.08. The van der Waals surface area contributed by atoms with E-state index in [-0.39, 0.29) is 24.5 Å². The molecule has 1 aliphatic heterocycles. The Bertz CT molecular complexity index is 687. The van der Waals surface area contributed by atoms with Crippen LogP contribution in [0.1, 0.15) is 32.1 Å². The molecule has 3 atom stereocenters. The maximum atomic E-state index is 12.3. The molecule has 0 aromatic heterocycles. The zero-order valence-electron chi connectivity index (χ0n) is 15.5. The monoisotopic (exact) mass is 369 g/mol. The molecule has 7 heteroatoms. The molecule has 7 nitrogen and oxygen atoms in total. The number of nitrogens with one attached hydrogen (secondary N) is 3. The fourth-order valence-electron chi connectivity index (χ4n) is 3.91. The molecule has 2 aliphatic rings. The molecule has 3 N–H and O–H groups in total. The van der Waals surface area contributed by atoms with Gasteiger partial charge >= 0.3 is 6.03 Å². The maximum absolute atomic E-state index is 12.3. The fourth-order valence-corrected chi connectivity index (χ4v) is 3.91. The Hall–Kier alpha value is -2.59. The molecule has 0 bridgehead atoms. The predicted molar refractivity (Wildman–Crippen MR) is 103 cm³/mol. The minimum atomic E-state index is -0.261. The highest BCUT2D eigenvalue weighted by molar-refractivity contribution is 5.89. The highest BCUT2D eigenvalue weighted by atomic mass is 16.2. The van der Waals surface area contributed by atoms with E-state index in [1.165, 1.54) is 0 Å². The second kappa shape index (κ2) is 9.38. The molecular weight excluding hydrogens is 342 g/mol. The van der Waals surface area contributed by atoms with Crippen LogP contribution in [0.15, 0.2) is 30.3 Å². The molecule has 27 heavy (non-hydrogen) atoms. The topological polar surface area (TPSA) is 97.3 Å². The van der Waals surface area contributed by atoms with Crippen molar-refractivity contribution in [1.29, 1.82) is 5.26 Å². The zero-order valence-corrected chi connectivity index (χ0v) is 15.5. The van der Waals surface area contributed by atoms with Crippen molar-refractivity contribution in [2.75, 3.05) is 25.0 Å². The lowest BCUT2D eigenvalue weighted by molar-refractivity contribution is -0.130. The average molecular weight is 369 g/mol. The van der Waals surface area contributed by atoms with Crippen LogP contribution in [0.4, 0.5) is 10.5 Å². The number of nitrogens with zero attached hydrogens (tertiary/aromatic N) is 2. The molecule has 1 aromatic carbocycles. The van der Waals surface area contributed by atoms with Crippen LogP contribution < -0.4 is 16.0 Å². The van der Waals surface area contributed by atoms with E-state index in [0.717, 1.165) is 37.8 Å². The molecule has 0 spiro atoms. The third-order valence-corrected chi connectivity index (χ3v) is 5.39. The van der Waals surface area contributed by atoms with E-state index in [0.29, 0.717) is 25.0 Å². The average Bonchev–Trinajstić information content (AvgIpc) is 3.34. The third-order valence-electron chi connectivity index (χ3n) is 5.39. The van der Waals surface area contributed by atoms with Gasteiger partial charge in [-0.1, -0.05) is 18.2 Å². The van der Waals surface area contributed by atoms with Gasteiger partial charge in [0.25, 0.3) is 0 Å². The quantitative estimate of drug-likeness (QED) is 0.715. The van der Waals surface area contributed by atoms with Crippen molar-refractivity contribution in [3.05, 3.63) is 30.3 Å². The SMILES string of the molecule is N#C[C@@H]1CCCN1C(=O)CN[C@@H]1CCC(CNC(=O)Nc2ccccc2)C1. The number of hydrogen-bond donors (Lipinski definition) is 3. The van der Waals surface area contributed by atoms with Crippen molar-refractivity contribution in [1.82, 2.24) is 15.5 Å². The van der Waals surface area contributed by atoms with Gasteiger partial charge in [-0.15, -0.1) is 0 Å². The lowest BCUT2D eigenvalue weighted by atomic mass is 10.1. The molecule has 3 amide bonds. The van der Waals surface area contributed by atoms with E-state index < -0.39 is 0 Å². The lowest BCUT2D eigenvalue weighted by Crippen LogP contribution is -2.43. The van der Waals surface area contributed by atoms with Crippen LogP contribution in [0.25, 0.3) is 0 Å². The molecule has 3 rings (SSSR count). The number of urea groups is 1. The first-order valence-electron chi connectivity index (χ1n) is 9.68. The second-order valence-electron chi connectivity index (χ2n) is 7.33. The molecule has 144 valence electrons. The first-order valence-corrected chi connectivity index (χ1v) is 9.68. The molecule has 1 aromatic rings. The summed E-state index contributed by atoms with van der Waals surface area (Å²) < 4.78 is 0. The summed E-state index contributed by atoms with van der Waals surface area (Å²) in [5, 5.41) is 18.2. The number of anilines is 1. The molecule has 1 saturated heterocycles. The van der Waals surface area contributed by atoms with Gasteiger partial charge in [-0.3, -0.25) is 4.79 Å². The van der Waals surface area contributed by atoms with Crippen LogP contribution >= 0.6 is 0 Å². The smallest absolute Gasteiger partial charge is 0.319 e. The van der Waals surface area contributed by atoms with Gasteiger partial charge in [-0.25, -0.2) is 4.79 Å². The highest BCUT2D eigenvalue weighted by Gasteiger charge is 2.30. The van der Waals surface area contributed by atoms with E-state index in [1.807, 2.05) is 30.3 Å². The molecular formula is C20H27N5O2. The molecule has 0 radical (unpaired) electrons. The van der Waals surface area contributed by atoms with Gasteiger partial charge in [0.05, 0.1) is 12.6 Å². The fraction of sp³-hybridized carbons (Fsp3) is 0.550. The molecule has 1 saturated carbocycles. The summed E-state index contributed by atoms with van der Waals surface area (Å²) in [7, 11) is 0. The normalized spacial score (nSPS) is 24.4. The van der Waals surface area contributed by atoms with Gasteiger partial charge < -0.3 is 20.9 Å². The summed E-state index contributed by atoms with van der Waals surface area (Å²) in [5.74, 6) is 0.431. The van der Waals surface area contributed by atoms with Crippen LogP contribution in [0.5, 0.6) is 0 Å². The summed E-state index contributed by atoms with van der Waals surface area (Å²) in [6.07, 6.45) is 4.67. The Kier molecular flexibility index (Phi) is 6.66. The number of para-hydroxylation sites is 1. The number of likely N-dealkylation sites (tertiary alicyclic amines) is 1. The van der Waals surface area contributed by atoms with E-state index >= 15 is 0 Å². The Morgan fingerprint density at radius 2 is 2.00 bits per heavy atom. The van der Waals surface area contributed by atoms with Crippen LogP contribution in [-0.2, 0) is 4.79 Å². The Balaban J connectivity index is 1.33. The maximum Gasteiger partial charge on any atom is 0.319 e. The van der Waals surface area contributed by atoms with Gasteiger partial charge in [-0.05, 0) is 50.2 Å². The van der Waals surface area contributed by atoms with E-state index in [1.54, 1.807) is 4.90 Å². The summed E-state index contributed by atoms with van der Waals surface area (Å²) in [4.78, 5) is 25.9. The van der Waals surface area contributed by atoms with Crippen molar-refractivity contribution >= 4 is 17.6 Å². The van der Waals surface area contributed by atoms with Crippen LogP contribution in [0.2, 0.25) is 0 Å².